The van der Waals surface area contributed by atoms with Crippen LogP contribution in [0.25, 0.3) is 5.70 Å². The maximum absolute atomic E-state index is 14.0. The van der Waals surface area contributed by atoms with Crippen molar-refractivity contribution in [1.29, 1.82) is 0 Å². The first-order chi connectivity index (χ1) is 14.1. The van der Waals surface area contributed by atoms with Gasteiger partial charge in [0.15, 0.2) is 0 Å². The summed E-state index contributed by atoms with van der Waals surface area (Å²) in [6.07, 6.45) is 2.82. The van der Waals surface area contributed by atoms with E-state index >= 15 is 0 Å². The van der Waals surface area contributed by atoms with Crippen LogP contribution in [-0.2, 0) is 11.3 Å². The number of rotatable bonds is 9. The second kappa shape index (κ2) is 10.1. The number of nitrogens with two attached hydrogens (primary N) is 1. The Labute approximate surface area is 170 Å². The molecule has 29 heavy (non-hydrogen) atoms. The molecule has 2 N–H and O–H groups in total. The van der Waals surface area contributed by atoms with Gasteiger partial charge in [-0.1, -0.05) is 18.2 Å². The van der Waals surface area contributed by atoms with E-state index < -0.39 is 0 Å². The summed E-state index contributed by atoms with van der Waals surface area (Å²) in [5.41, 5.74) is 8.29. The van der Waals surface area contributed by atoms with Crippen molar-refractivity contribution in [3.63, 3.8) is 0 Å². The first kappa shape index (κ1) is 21.0. The minimum atomic E-state index is -0.381. The average molecular weight is 398 g/mol. The fourth-order valence-corrected chi connectivity index (χ4v) is 3.36. The number of pyridine rings is 1. The molecule has 2 heterocycles. The lowest BCUT2D eigenvalue weighted by molar-refractivity contribution is 0.0745. The van der Waals surface area contributed by atoms with Crippen molar-refractivity contribution >= 4 is 12.4 Å². The molecule has 0 amide bonds. The fourth-order valence-electron chi connectivity index (χ4n) is 3.36. The molecule has 154 valence electrons. The van der Waals surface area contributed by atoms with E-state index in [9.17, 15) is 4.39 Å². The first-order valence-corrected chi connectivity index (χ1v) is 9.72. The Morgan fingerprint density at radius 3 is 2.86 bits per heavy atom. The molecule has 1 aromatic heterocycles. The van der Waals surface area contributed by atoms with E-state index in [1.165, 1.54) is 6.07 Å². The largest absolute Gasteiger partial charge is 0.478 e. The monoisotopic (exact) mass is 398 g/mol. The van der Waals surface area contributed by atoms with Gasteiger partial charge in [0.1, 0.15) is 5.82 Å². The zero-order chi connectivity index (χ0) is 20.6. The van der Waals surface area contributed by atoms with Gasteiger partial charge in [0.25, 0.3) is 0 Å². The van der Waals surface area contributed by atoms with Crippen molar-refractivity contribution in [1.82, 2.24) is 9.88 Å². The van der Waals surface area contributed by atoms with E-state index in [0.717, 1.165) is 31.6 Å². The van der Waals surface area contributed by atoms with Gasteiger partial charge in [-0.25, -0.2) is 9.37 Å². The zero-order valence-corrected chi connectivity index (χ0v) is 16.7. The summed E-state index contributed by atoms with van der Waals surface area (Å²) in [4.78, 5) is 10.5. The summed E-state index contributed by atoms with van der Waals surface area (Å²) >= 11 is 0. The van der Waals surface area contributed by atoms with Gasteiger partial charge < -0.3 is 15.2 Å². The highest BCUT2D eigenvalue weighted by Crippen LogP contribution is 2.22. The highest BCUT2D eigenvalue weighted by molar-refractivity contribution is 5.70. The molecular formula is C22H27FN4O2. The van der Waals surface area contributed by atoms with Crippen molar-refractivity contribution in [2.24, 2.45) is 10.7 Å². The van der Waals surface area contributed by atoms with Crippen LogP contribution in [-0.4, -0.2) is 49.0 Å². The van der Waals surface area contributed by atoms with Crippen molar-refractivity contribution in [3.8, 4) is 5.88 Å². The lowest BCUT2D eigenvalue weighted by Crippen LogP contribution is -2.24. The highest BCUT2D eigenvalue weighted by atomic mass is 19.1. The number of nitrogens with zero attached hydrogens (tertiary/aromatic N) is 3. The average Bonchev–Trinajstić information content (AvgIpc) is 3.17. The van der Waals surface area contributed by atoms with Crippen LogP contribution in [0.15, 0.2) is 53.3 Å². The lowest BCUT2D eigenvalue weighted by atomic mass is 10.1. The van der Waals surface area contributed by atoms with Gasteiger partial charge >= 0.3 is 0 Å². The van der Waals surface area contributed by atoms with Crippen LogP contribution in [0.5, 0.6) is 5.88 Å². The number of aliphatic imine (C=N–C) groups is 1. The second-order valence-corrected chi connectivity index (χ2v) is 6.91. The van der Waals surface area contributed by atoms with Gasteiger partial charge in [0.05, 0.1) is 30.7 Å². The number of halogens is 1. The molecule has 0 bridgehead atoms. The molecule has 1 fully saturated rings. The molecule has 0 spiro atoms. The Morgan fingerprint density at radius 2 is 2.17 bits per heavy atom. The van der Waals surface area contributed by atoms with Gasteiger partial charge in [-0.15, -0.1) is 0 Å². The minimum absolute atomic E-state index is 0.0656. The van der Waals surface area contributed by atoms with Crippen LogP contribution in [0, 0.1) is 5.82 Å². The summed E-state index contributed by atoms with van der Waals surface area (Å²) < 4.78 is 25.3. The van der Waals surface area contributed by atoms with E-state index in [4.69, 9.17) is 15.2 Å². The molecular weight excluding hydrogens is 371 g/mol. The van der Waals surface area contributed by atoms with Gasteiger partial charge in [0, 0.05) is 37.5 Å². The van der Waals surface area contributed by atoms with Crippen molar-refractivity contribution in [2.75, 3.05) is 26.3 Å². The van der Waals surface area contributed by atoms with Crippen molar-refractivity contribution in [3.05, 3.63) is 65.2 Å². The summed E-state index contributed by atoms with van der Waals surface area (Å²) in [6, 6.07) is 10.3. The third-order valence-electron chi connectivity index (χ3n) is 4.79. The Balaban J connectivity index is 1.53. The molecule has 1 aliphatic heterocycles. The molecule has 1 atom stereocenters. The lowest BCUT2D eigenvalue weighted by Gasteiger charge is -2.17. The second-order valence-electron chi connectivity index (χ2n) is 6.91. The van der Waals surface area contributed by atoms with Gasteiger partial charge in [-0.3, -0.25) is 9.89 Å². The number of hydrogen-bond acceptors (Lipinski definition) is 6. The van der Waals surface area contributed by atoms with Crippen LogP contribution >= 0.6 is 0 Å². The normalized spacial score (nSPS) is 17.8. The number of benzene rings is 1. The zero-order valence-electron chi connectivity index (χ0n) is 16.7. The Hall–Kier alpha value is -2.77. The van der Waals surface area contributed by atoms with E-state index in [0.29, 0.717) is 29.4 Å². The molecule has 2 aromatic rings. The number of aromatic nitrogens is 1. The van der Waals surface area contributed by atoms with Crippen LogP contribution in [0.3, 0.4) is 0 Å². The Kier molecular flexibility index (Phi) is 7.32. The molecule has 0 saturated carbocycles. The van der Waals surface area contributed by atoms with Crippen molar-refractivity contribution < 1.29 is 13.9 Å². The van der Waals surface area contributed by atoms with Crippen LogP contribution in [0.1, 0.15) is 24.5 Å². The fraction of sp³-hybridized carbons (Fsp3) is 0.364. The molecule has 7 heteroatoms. The Morgan fingerprint density at radius 1 is 1.34 bits per heavy atom. The molecule has 1 aliphatic rings. The topological polar surface area (TPSA) is 73.0 Å². The van der Waals surface area contributed by atoms with Crippen LogP contribution in [0.4, 0.5) is 4.39 Å². The maximum Gasteiger partial charge on any atom is 0.213 e. The van der Waals surface area contributed by atoms with Crippen LogP contribution in [0.2, 0.25) is 0 Å². The summed E-state index contributed by atoms with van der Waals surface area (Å²) in [5.74, 6) is 0.261. The first-order valence-electron chi connectivity index (χ1n) is 9.72. The molecule has 1 unspecified atom stereocenters. The third kappa shape index (κ3) is 5.62. The van der Waals surface area contributed by atoms with Gasteiger partial charge in [-0.2, -0.15) is 0 Å². The van der Waals surface area contributed by atoms with E-state index in [2.05, 4.69) is 21.6 Å². The number of hydrogen-bond donors (Lipinski definition) is 1. The van der Waals surface area contributed by atoms with Gasteiger partial charge in [-0.05, 0) is 37.8 Å². The summed E-state index contributed by atoms with van der Waals surface area (Å²) in [5, 5.41) is 0. The number of likely N-dealkylation sites (tertiary alicyclic amines) is 1. The molecule has 1 aromatic carbocycles. The van der Waals surface area contributed by atoms with E-state index in [-0.39, 0.29) is 18.5 Å². The molecule has 0 aliphatic carbocycles. The number of ether oxygens (including phenoxy) is 2. The summed E-state index contributed by atoms with van der Waals surface area (Å²) in [7, 11) is 0. The SMILES string of the molecule is C=N/C(=C(\N)COC1CCN(Cc2ccc(OCC)nc2)C1)c1ccccc1F. The quantitative estimate of drug-likeness (QED) is 0.657. The highest BCUT2D eigenvalue weighted by Gasteiger charge is 2.23. The predicted octanol–water partition coefficient (Wildman–Crippen LogP) is 3.24. The minimum Gasteiger partial charge on any atom is -0.478 e. The van der Waals surface area contributed by atoms with Crippen LogP contribution < -0.4 is 10.5 Å². The smallest absolute Gasteiger partial charge is 0.213 e. The molecule has 1 saturated heterocycles. The van der Waals surface area contributed by atoms with E-state index in [1.807, 2.05) is 25.3 Å². The molecule has 0 radical (unpaired) electrons. The Bertz CT molecular complexity index is 854. The van der Waals surface area contributed by atoms with E-state index in [1.54, 1.807) is 18.2 Å². The third-order valence-corrected chi connectivity index (χ3v) is 4.79. The predicted molar refractivity (Wildman–Crippen MR) is 112 cm³/mol. The maximum atomic E-state index is 14.0. The van der Waals surface area contributed by atoms with Crippen molar-refractivity contribution in [2.45, 2.75) is 26.0 Å². The summed E-state index contributed by atoms with van der Waals surface area (Å²) in [6.45, 7) is 8.79. The molecule has 6 nitrogen and oxygen atoms in total. The van der Waals surface area contributed by atoms with Gasteiger partial charge in [0.2, 0.25) is 5.88 Å². The standard InChI is InChI=1S/C22H27FN4O2/c1-3-28-21-9-8-16(12-26-21)13-27-11-10-17(14-27)29-15-20(24)22(25-2)18-6-4-5-7-19(18)23/h4-9,12,17H,2-3,10-11,13-15,24H2,1H3/b22-20-. The molecule has 3 rings (SSSR count).